The minimum Gasteiger partial charge on any atom is -0.324 e. The molecular formula is C15H18Cl2N4O. The summed E-state index contributed by atoms with van der Waals surface area (Å²) in [4.78, 5) is 14.0. The molecule has 1 aromatic carbocycles. The van der Waals surface area contributed by atoms with Crippen molar-refractivity contribution in [3.05, 3.63) is 45.7 Å². The Labute approximate surface area is 139 Å². The fourth-order valence-electron chi connectivity index (χ4n) is 2.07. The van der Waals surface area contributed by atoms with Crippen LogP contribution >= 0.6 is 23.2 Å². The van der Waals surface area contributed by atoms with Crippen LogP contribution in [0.25, 0.3) is 0 Å². The summed E-state index contributed by atoms with van der Waals surface area (Å²) in [6.07, 6.45) is 1.82. The van der Waals surface area contributed by atoms with E-state index in [0.717, 1.165) is 11.3 Å². The van der Waals surface area contributed by atoms with E-state index in [-0.39, 0.29) is 12.5 Å². The van der Waals surface area contributed by atoms with Crippen LogP contribution in [0.3, 0.4) is 0 Å². The van der Waals surface area contributed by atoms with E-state index in [4.69, 9.17) is 23.2 Å². The van der Waals surface area contributed by atoms with Gasteiger partial charge in [0.05, 0.1) is 23.5 Å². The second-order valence-corrected chi connectivity index (χ2v) is 6.07. The highest BCUT2D eigenvalue weighted by molar-refractivity contribution is 6.35. The third-order valence-electron chi connectivity index (χ3n) is 3.39. The van der Waals surface area contributed by atoms with Crippen molar-refractivity contribution in [3.8, 4) is 0 Å². The zero-order valence-electron chi connectivity index (χ0n) is 12.7. The zero-order valence-corrected chi connectivity index (χ0v) is 14.2. The number of nitrogens with one attached hydrogen (secondary N) is 1. The fourth-order valence-corrected chi connectivity index (χ4v) is 2.41. The second kappa shape index (κ2) is 7.13. The molecule has 1 N–H and O–H groups in total. The Hall–Kier alpha value is -1.56. The van der Waals surface area contributed by atoms with Crippen molar-refractivity contribution in [3.63, 3.8) is 0 Å². The molecule has 118 valence electrons. The number of anilines is 1. The Morgan fingerprint density at radius 2 is 2.14 bits per heavy atom. The van der Waals surface area contributed by atoms with E-state index in [0.29, 0.717) is 22.3 Å². The summed E-state index contributed by atoms with van der Waals surface area (Å²) in [6, 6.07) is 4.96. The summed E-state index contributed by atoms with van der Waals surface area (Å²) >= 11 is 11.9. The molecule has 5 nitrogen and oxygen atoms in total. The number of rotatable bonds is 5. The van der Waals surface area contributed by atoms with Gasteiger partial charge in [-0.3, -0.25) is 14.4 Å². The lowest BCUT2D eigenvalue weighted by Crippen LogP contribution is -2.30. The van der Waals surface area contributed by atoms with E-state index in [1.807, 2.05) is 36.8 Å². The number of aryl methyl sites for hydroxylation is 1. The highest BCUT2D eigenvalue weighted by Gasteiger charge is 2.12. The van der Waals surface area contributed by atoms with Crippen molar-refractivity contribution in [2.75, 3.05) is 18.9 Å². The van der Waals surface area contributed by atoms with Crippen molar-refractivity contribution >= 4 is 34.8 Å². The van der Waals surface area contributed by atoms with Crippen LogP contribution in [-0.4, -0.2) is 34.2 Å². The molecule has 0 atom stereocenters. The van der Waals surface area contributed by atoms with Gasteiger partial charge < -0.3 is 5.32 Å². The molecule has 1 heterocycles. The molecule has 0 radical (unpaired) electrons. The average molecular weight is 341 g/mol. The van der Waals surface area contributed by atoms with Crippen molar-refractivity contribution < 1.29 is 4.79 Å². The van der Waals surface area contributed by atoms with Gasteiger partial charge in [0.15, 0.2) is 0 Å². The molecule has 2 rings (SSSR count). The van der Waals surface area contributed by atoms with Gasteiger partial charge in [0.25, 0.3) is 0 Å². The second-order valence-electron chi connectivity index (χ2n) is 5.22. The molecule has 0 aliphatic heterocycles. The Balaban J connectivity index is 1.94. The van der Waals surface area contributed by atoms with Crippen LogP contribution in [-0.2, 0) is 18.4 Å². The van der Waals surface area contributed by atoms with Crippen LogP contribution < -0.4 is 5.32 Å². The van der Waals surface area contributed by atoms with Gasteiger partial charge in [0.1, 0.15) is 0 Å². The number of hydrogen-bond donors (Lipinski definition) is 1. The van der Waals surface area contributed by atoms with Gasteiger partial charge >= 0.3 is 0 Å². The largest absolute Gasteiger partial charge is 0.324 e. The Bertz CT molecular complexity index is 684. The summed E-state index contributed by atoms with van der Waals surface area (Å²) in [7, 11) is 3.78. The van der Waals surface area contributed by atoms with Crippen LogP contribution in [0.15, 0.2) is 24.4 Å². The molecule has 2 aromatic rings. The first kappa shape index (κ1) is 16.8. The maximum atomic E-state index is 12.1. The minimum absolute atomic E-state index is 0.145. The lowest BCUT2D eigenvalue weighted by atomic mass is 10.2. The molecular weight excluding hydrogens is 323 g/mol. The topological polar surface area (TPSA) is 50.2 Å². The lowest BCUT2D eigenvalue weighted by Gasteiger charge is -2.16. The Morgan fingerprint density at radius 1 is 1.41 bits per heavy atom. The number of carbonyl (C=O) groups excluding carboxylic acids is 1. The van der Waals surface area contributed by atoms with Crippen LogP contribution in [0.1, 0.15) is 11.3 Å². The number of carbonyl (C=O) groups is 1. The van der Waals surface area contributed by atoms with Gasteiger partial charge in [-0.15, -0.1) is 0 Å². The molecule has 0 aliphatic rings. The van der Waals surface area contributed by atoms with Gasteiger partial charge in [-0.05, 0) is 32.2 Å². The van der Waals surface area contributed by atoms with Crippen LogP contribution in [0, 0.1) is 6.92 Å². The van der Waals surface area contributed by atoms with E-state index in [9.17, 15) is 4.79 Å². The number of halogens is 2. The molecule has 0 spiro atoms. The Kier molecular flexibility index (Phi) is 5.45. The summed E-state index contributed by atoms with van der Waals surface area (Å²) in [5.74, 6) is -0.145. The maximum absolute atomic E-state index is 12.1. The number of amides is 1. The van der Waals surface area contributed by atoms with Crippen LogP contribution in [0.5, 0.6) is 0 Å². The molecule has 7 heteroatoms. The zero-order chi connectivity index (χ0) is 16.3. The first-order chi connectivity index (χ1) is 10.4. The monoisotopic (exact) mass is 340 g/mol. The smallest absolute Gasteiger partial charge is 0.238 e. The SMILES string of the molecule is Cc1c(CN(C)CC(=O)Nc2cc(Cl)ccc2Cl)cnn1C. The predicted molar refractivity (Wildman–Crippen MR) is 89.4 cm³/mol. The van der Waals surface area contributed by atoms with Crippen molar-refractivity contribution in [1.82, 2.24) is 14.7 Å². The number of nitrogens with zero attached hydrogens (tertiary/aromatic N) is 3. The summed E-state index contributed by atoms with van der Waals surface area (Å²) in [5.41, 5.74) is 2.70. The summed E-state index contributed by atoms with van der Waals surface area (Å²) < 4.78 is 1.81. The van der Waals surface area contributed by atoms with E-state index in [2.05, 4.69) is 10.4 Å². The molecule has 22 heavy (non-hydrogen) atoms. The number of benzene rings is 1. The molecule has 0 unspecified atom stereocenters. The maximum Gasteiger partial charge on any atom is 0.238 e. The third kappa shape index (κ3) is 4.22. The van der Waals surface area contributed by atoms with Gasteiger partial charge in [0.2, 0.25) is 5.91 Å². The first-order valence-electron chi connectivity index (χ1n) is 6.77. The quantitative estimate of drug-likeness (QED) is 0.909. The van der Waals surface area contributed by atoms with E-state index in [1.165, 1.54) is 0 Å². The van der Waals surface area contributed by atoms with E-state index >= 15 is 0 Å². The molecule has 0 fully saturated rings. The van der Waals surface area contributed by atoms with E-state index in [1.54, 1.807) is 18.2 Å². The van der Waals surface area contributed by atoms with Gasteiger partial charge in [-0.1, -0.05) is 23.2 Å². The molecule has 0 aliphatic carbocycles. The Morgan fingerprint density at radius 3 is 2.77 bits per heavy atom. The van der Waals surface area contributed by atoms with Gasteiger partial charge in [-0.25, -0.2) is 0 Å². The highest BCUT2D eigenvalue weighted by Crippen LogP contribution is 2.25. The van der Waals surface area contributed by atoms with Crippen molar-refractivity contribution in [1.29, 1.82) is 0 Å². The highest BCUT2D eigenvalue weighted by atomic mass is 35.5. The van der Waals surface area contributed by atoms with Crippen LogP contribution in [0.4, 0.5) is 5.69 Å². The third-order valence-corrected chi connectivity index (χ3v) is 3.96. The summed E-state index contributed by atoms with van der Waals surface area (Å²) in [6.45, 7) is 2.90. The first-order valence-corrected chi connectivity index (χ1v) is 7.53. The minimum atomic E-state index is -0.145. The van der Waals surface area contributed by atoms with Crippen LogP contribution in [0.2, 0.25) is 10.0 Å². The number of hydrogen-bond acceptors (Lipinski definition) is 3. The number of aromatic nitrogens is 2. The molecule has 0 saturated heterocycles. The summed E-state index contributed by atoms with van der Waals surface area (Å²) in [5, 5.41) is 7.95. The molecule has 0 saturated carbocycles. The number of likely N-dealkylation sites (N-methyl/N-ethyl adjacent to an activating group) is 1. The van der Waals surface area contributed by atoms with Gasteiger partial charge in [-0.2, -0.15) is 5.10 Å². The van der Waals surface area contributed by atoms with Gasteiger partial charge in [0, 0.05) is 29.9 Å². The average Bonchev–Trinajstić information content (AvgIpc) is 2.74. The normalized spacial score (nSPS) is 11.0. The molecule has 0 bridgehead atoms. The molecule has 1 amide bonds. The predicted octanol–water partition coefficient (Wildman–Crippen LogP) is 3.11. The lowest BCUT2D eigenvalue weighted by molar-refractivity contribution is -0.117. The standard InChI is InChI=1S/C15H18Cl2N4O/c1-10-11(7-18-21(10)3)8-20(2)9-15(22)19-14-6-12(16)4-5-13(14)17/h4-7H,8-9H2,1-3H3,(H,19,22). The fraction of sp³-hybridized carbons (Fsp3) is 0.333. The molecule has 1 aromatic heterocycles. The van der Waals surface area contributed by atoms with E-state index < -0.39 is 0 Å². The van der Waals surface area contributed by atoms with Crippen molar-refractivity contribution in [2.24, 2.45) is 7.05 Å². The van der Waals surface area contributed by atoms with Crippen molar-refractivity contribution in [2.45, 2.75) is 13.5 Å².